The Morgan fingerprint density at radius 1 is 1.11 bits per heavy atom. The van der Waals surface area contributed by atoms with Gasteiger partial charge in [0, 0.05) is 32.7 Å². The first-order valence-corrected chi connectivity index (χ1v) is 9.40. The van der Waals surface area contributed by atoms with E-state index in [9.17, 15) is 5.11 Å². The summed E-state index contributed by atoms with van der Waals surface area (Å²) >= 11 is 0. The Morgan fingerprint density at radius 2 is 1.86 bits per heavy atom. The van der Waals surface area contributed by atoms with Gasteiger partial charge in [0.1, 0.15) is 11.5 Å². The fourth-order valence-electron chi connectivity index (χ4n) is 3.25. The van der Waals surface area contributed by atoms with Crippen molar-refractivity contribution >= 4 is 35.6 Å². The molecule has 0 aliphatic carbocycles. The van der Waals surface area contributed by atoms with Gasteiger partial charge in [-0.2, -0.15) is 0 Å². The molecule has 1 fully saturated rings. The normalized spacial score (nSPS) is 14.4. The lowest BCUT2D eigenvalue weighted by Crippen LogP contribution is -2.52. The summed E-state index contributed by atoms with van der Waals surface area (Å²) in [6, 6.07) is 15.5. The molecule has 0 radical (unpaired) electrons. The number of methoxy groups -OCH3 is 1. The second-order valence-electron chi connectivity index (χ2n) is 6.48. The second kappa shape index (κ2) is 11.0. The van der Waals surface area contributed by atoms with Gasteiger partial charge in [0.15, 0.2) is 5.96 Å². The lowest BCUT2D eigenvalue weighted by Gasteiger charge is -2.37. The molecule has 0 amide bonds. The van der Waals surface area contributed by atoms with Crippen LogP contribution in [0.3, 0.4) is 0 Å². The largest absolute Gasteiger partial charge is 0.506 e. The van der Waals surface area contributed by atoms with Crippen molar-refractivity contribution in [3.05, 3.63) is 54.1 Å². The van der Waals surface area contributed by atoms with Crippen LogP contribution in [0.15, 0.2) is 53.5 Å². The van der Waals surface area contributed by atoms with Crippen molar-refractivity contribution in [1.82, 2.24) is 10.2 Å². The molecule has 152 valence electrons. The molecule has 3 rings (SSSR count). The van der Waals surface area contributed by atoms with Gasteiger partial charge >= 0.3 is 0 Å². The molecule has 0 saturated carbocycles. The van der Waals surface area contributed by atoms with Crippen molar-refractivity contribution in [1.29, 1.82) is 0 Å². The standard InChI is InChI=1S/C21H28N4O2.HI/c1-3-22-21(23-16-17-7-6-8-18(15-17)27-2)25-13-11-24(12-14-25)19-9-4-5-10-20(19)26;/h4-10,15,26H,3,11-14,16H2,1-2H3,(H,22,23);1H. The third kappa shape index (κ3) is 5.67. The first kappa shape index (κ1) is 22.1. The molecule has 1 saturated heterocycles. The predicted molar refractivity (Wildman–Crippen MR) is 125 cm³/mol. The van der Waals surface area contributed by atoms with Crippen molar-refractivity contribution in [3.63, 3.8) is 0 Å². The molecule has 28 heavy (non-hydrogen) atoms. The van der Waals surface area contributed by atoms with E-state index >= 15 is 0 Å². The number of guanidine groups is 1. The van der Waals surface area contributed by atoms with E-state index in [0.29, 0.717) is 12.3 Å². The Labute approximate surface area is 184 Å². The number of benzene rings is 2. The molecule has 2 aromatic carbocycles. The van der Waals surface area contributed by atoms with Crippen LogP contribution in [0, 0.1) is 0 Å². The van der Waals surface area contributed by atoms with Gasteiger partial charge in [0.25, 0.3) is 0 Å². The zero-order chi connectivity index (χ0) is 19.1. The Hall–Kier alpha value is -2.16. The van der Waals surface area contributed by atoms with Gasteiger partial charge in [-0.25, -0.2) is 4.99 Å². The summed E-state index contributed by atoms with van der Waals surface area (Å²) in [5, 5.41) is 13.5. The highest BCUT2D eigenvalue weighted by Crippen LogP contribution is 2.27. The van der Waals surface area contributed by atoms with Crippen LogP contribution in [0.1, 0.15) is 12.5 Å². The highest BCUT2D eigenvalue weighted by atomic mass is 127. The minimum Gasteiger partial charge on any atom is -0.506 e. The monoisotopic (exact) mass is 496 g/mol. The van der Waals surface area contributed by atoms with Crippen molar-refractivity contribution in [2.45, 2.75) is 13.5 Å². The fraction of sp³-hybridized carbons (Fsp3) is 0.381. The zero-order valence-electron chi connectivity index (χ0n) is 16.5. The van der Waals surface area contributed by atoms with Gasteiger partial charge in [0.2, 0.25) is 0 Å². The van der Waals surface area contributed by atoms with Crippen molar-refractivity contribution in [2.75, 3.05) is 44.7 Å². The molecule has 6 nitrogen and oxygen atoms in total. The van der Waals surface area contributed by atoms with E-state index < -0.39 is 0 Å². The molecule has 0 atom stereocenters. The number of nitrogens with zero attached hydrogens (tertiary/aromatic N) is 3. The van der Waals surface area contributed by atoms with Crippen LogP contribution in [0.5, 0.6) is 11.5 Å². The number of aliphatic imine (C=N–C) groups is 1. The number of piperazine rings is 1. The lowest BCUT2D eigenvalue weighted by molar-refractivity contribution is 0.369. The summed E-state index contributed by atoms with van der Waals surface area (Å²) in [5.41, 5.74) is 2.02. The number of aromatic hydroxyl groups is 1. The van der Waals surface area contributed by atoms with Gasteiger partial charge in [-0.15, -0.1) is 24.0 Å². The van der Waals surface area contributed by atoms with Crippen molar-refractivity contribution in [2.24, 2.45) is 4.99 Å². The molecule has 7 heteroatoms. The molecule has 0 unspecified atom stereocenters. The number of anilines is 1. The average molecular weight is 496 g/mol. The summed E-state index contributed by atoms with van der Waals surface area (Å²) in [5.74, 6) is 2.12. The van der Waals surface area contributed by atoms with Crippen LogP contribution >= 0.6 is 24.0 Å². The first-order valence-electron chi connectivity index (χ1n) is 9.40. The third-order valence-electron chi connectivity index (χ3n) is 4.68. The number of para-hydroxylation sites is 2. The van der Waals surface area contributed by atoms with Gasteiger partial charge in [-0.05, 0) is 36.8 Å². The molecular formula is C21H29IN4O2. The maximum Gasteiger partial charge on any atom is 0.194 e. The molecule has 0 bridgehead atoms. The van der Waals surface area contributed by atoms with E-state index in [1.54, 1.807) is 13.2 Å². The van der Waals surface area contributed by atoms with Gasteiger partial charge < -0.3 is 25.0 Å². The molecule has 2 N–H and O–H groups in total. The summed E-state index contributed by atoms with van der Waals surface area (Å²) < 4.78 is 5.29. The van der Waals surface area contributed by atoms with Crippen LogP contribution in [0.2, 0.25) is 0 Å². The molecule has 0 aromatic heterocycles. The SMILES string of the molecule is CCNC(=NCc1cccc(OC)c1)N1CCN(c2ccccc2O)CC1.I. The number of rotatable bonds is 5. The highest BCUT2D eigenvalue weighted by Gasteiger charge is 2.21. The van der Waals surface area contributed by atoms with E-state index in [1.807, 2.05) is 36.4 Å². The smallest absolute Gasteiger partial charge is 0.194 e. The number of ether oxygens (including phenoxy) is 1. The number of hydrogen-bond donors (Lipinski definition) is 2. The number of hydrogen-bond acceptors (Lipinski definition) is 4. The number of halogens is 1. The second-order valence-corrected chi connectivity index (χ2v) is 6.48. The number of nitrogens with one attached hydrogen (secondary N) is 1. The summed E-state index contributed by atoms with van der Waals surface area (Å²) in [7, 11) is 1.68. The first-order chi connectivity index (χ1) is 13.2. The summed E-state index contributed by atoms with van der Waals surface area (Å²) in [4.78, 5) is 9.30. The molecular weight excluding hydrogens is 467 g/mol. The van der Waals surface area contributed by atoms with Crippen LogP contribution in [0.25, 0.3) is 0 Å². The van der Waals surface area contributed by atoms with E-state index in [1.165, 1.54) is 0 Å². The quantitative estimate of drug-likeness (QED) is 0.378. The maximum atomic E-state index is 10.1. The van der Waals surface area contributed by atoms with Crippen LogP contribution < -0.4 is 15.0 Å². The average Bonchev–Trinajstić information content (AvgIpc) is 2.72. The third-order valence-corrected chi connectivity index (χ3v) is 4.68. The predicted octanol–water partition coefficient (Wildman–Crippen LogP) is 3.31. The van der Waals surface area contributed by atoms with Crippen LogP contribution in [-0.4, -0.2) is 55.8 Å². The van der Waals surface area contributed by atoms with E-state index in [2.05, 4.69) is 28.1 Å². The van der Waals surface area contributed by atoms with Crippen LogP contribution in [0.4, 0.5) is 5.69 Å². The van der Waals surface area contributed by atoms with E-state index in [-0.39, 0.29) is 24.0 Å². The maximum absolute atomic E-state index is 10.1. The topological polar surface area (TPSA) is 60.3 Å². The minimum absolute atomic E-state index is 0. The number of phenols is 1. The van der Waals surface area contributed by atoms with Gasteiger partial charge in [0.05, 0.1) is 19.3 Å². The Morgan fingerprint density at radius 3 is 2.54 bits per heavy atom. The highest BCUT2D eigenvalue weighted by molar-refractivity contribution is 14.0. The van der Waals surface area contributed by atoms with E-state index in [4.69, 9.17) is 9.73 Å². The fourth-order valence-corrected chi connectivity index (χ4v) is 3.25. The molecule has 1 heterocycles. The Kier molecular flexibility index (Phi) is 8.69. The lowest BCUT2D eigenvalue weighted by atomic mass is 10.2. The van der Waals surface area contributed by atoms with Gasteiger partial charge in [-0.3, -0.25) is 0 Å². The van der Waals surface area contributed by atoms with Gasteiger partial charge in [-0.1, -0.05) is 24.3 Å². The molecule has 1 aliphatic rings. The minimum atomic E-state index is 0. The molecule has 1 aliphatic heterocycles. The zero-order valence-corrected chi connectivity index (χ0v) is 18.8. The summed E-state index contributed by atoms with van der Waals surface area (Å²) in [6.45, 7) is 6.94. The Bertz CT molecular complexity index is 777. The molecule has 2 aromatic rings. The van der Waals surface area contributed by atoms with Crippen molar-refractivity contribution in [3.8, 4) is 11.5 Å². The molecule has 0 spiro atoms. The summed E-state index contributed by atoms with van der Waals surface area (Å²) in [6.07, 6.45) is 0. The Balaban J connectivity index is 0.00000280. The van der Waals surface area contributed by atoms with E-state index in [0.717, 1.165) is 55.7 Å². The van der Waals surface area contributed by atoms with Crippen molar-refractivity contribution < 1.29 is 9.84 Å². The number of phenolic OH excluding ortho intramolecular Hbond substituents is 1. The van der Waals surface area contributed by atoms with Crippen LogP contribution in [-0.2, 0) is 6.54 Å².